The van der Waals surface area contributed by atoms with Gasteiger partial charge in [-0.2, -0.15) is 0 Å². The van der Waals surface area contributed by atoms with Crippen LogP contribution in [-0.4, -0.2) is 41.2 Å². The van der Waals surface area contributed by atoms with Crippen LogP contribution in [0.15, 0.2) is 66.1 Å². The number of carbonyl (C=O) groups is 1. The molecule has 0 bridgehead atoms. The van der Waals surface area contributed by atoms with Crippen molar-refractivity contribution in [2.75, 3.05) is 17.2 Å². The Morgan fingerprint density at radius 3 is 2.61 bits per heavy atom. The smallest absolute Gasteiger partial charge is 0.233 e. The number of anilines is 1. The van der Waals surface area contributed by atoms with E-state index in [9.17, 15) is 13.2 Å². The van der Waals surface area contributed by atoms with Gasteiger partial charge in [0.1, 0.15) is 0 Å². The highest BCUT2D eigenvalue weighted by atomic mass is 32.2. The Balaban J connectivity index is 1.56. The standard InChI is InChI=1S/C24H26N4O3S2/c1-3-33(30,31)20-10-8-19(9-11-20)16-22(29)28(14-5-13-27-15-12-25-17-27)24-26-23-18(2)6-4-7-21(23)32-24/h4,6-12,15,17H,3,5,13-14,16H2,1-2H3. The summed E-state index contributed by atoms with van der Waals surface area (Å²) < 4.78 is 27.2. The van der Waals surface area contributed by atoms with Crippen molar-refractivity contribution in [1.29, 1.82) is 0 Å². The van der Waals surface area contributed by atoms with Crippen molar-refractivity contribution in [3.8, 4) is 0 Å². The zero-order valence-electron chi connectivity index (χ0n) is 18.6. The lowest BCUT2D eigenvalue weighted by atomic mass is 10.1. The van der Waals surface area contributed by atoms with Crippen LogP contribution in [0.5, 0.6) is 0 Å². The van der Waals surface area contributed by atoms with Gasteiger partial charge < -0.3 is 4.57 Å². The van der Waals surface area contributed by atoms with E-state index in [1.807, 2.05) is 35.9 Å². The van der Waals surface area contributed by atoms with Crippen LogP contribution in [0.1, 0.15) is 24.5 Å². The predicted molar refractivity (Wildman–Crippen MR) is 131 cm³/mol. The molecule has 0 aliphatic heterocycles. The van der Waals surface area contributed by atoms with E-state index < -0.39 is 9.84 Å². The van der Waals surface area contributed by atoms with E-state index >= 15 is 0 Å². The van der Waals surface area contributed by atoms with Gasteiger partial charge in [0.2, 0.25) is 5.91 Å². The molecule has 4 rings (SSSR count). The summed E-state index contributed by atoms with van der Waals surface area (Å²) in [5.41, 5.74) is 2.76. The maximum atomic E-state index is 13.4. The van der Waals surface area contributed by atoms with Gasteiger partial charge >= 0.3 is 0 Å². The van der Waals surface area contributed by atoms with Crippen molar-refractivity contribution < 1.29 is 13.2 Å². The molecule has 172 valence electrons. The molecule has 0 atom stereocenters. The lowest BCUT2D eigenvalue weighted by Crippen LogP contribution is -2.33. The summed E-state index contributed by atoms with van der Waals surface area (Å²) in [5.74, 6) is -0.0177. The molecule has 0 N–H and O–H groups in total. The number of aryl methyl sites for hydroxylation is 2. The molecule has 4 aromatic rings. The second-order valence-electron chi connectivity index (χ2n) is 7.84. The number of amides is 1. The molecule has 0 saturated carbocycles. The topological polar surface area (TPSA) is 85.2 Å². The number of para-hydroxylation sites is 1. The SMILES string of the molecule is CCS(=O)(=O)c1ccc(CC(=O)N(CCCn2ccnc2)c2nc3c(C)cccc3s2)cc1. The quantitative estimate of drug-likeness (QED) is 0.356. The minimum Gasteiger partial charge on any atom is -0.337 e. The van der Waals surface area contributed by atoms with E-state index in [-0.39, 0.29) is 23.0 Å². The van der Waals surface area contributed by atoms with E-state index in [4.69, 9.17) is 4.98 Å². The first kappa shape index (κ1) is 23.1. The Kier molecular flexibility index (Phi) is 6.90. The Morgan fingerprint density at radius 2 is 1.94 bits per heavy atom. The lowest BCUT2D eigenvalue weighted by molar-refractivity contribution is -0.118. The molecular weight excluding hydrogens is 456 g/mol. The number of imidazole rings is 1. The zero-order chi connectivity index (χ0) is 23.4. The largest absolute Gasteiger partial charge is 0.337 e. The Bertz CT molecular complexity index is 1340. The van der Waals surface area contributed by atoms with Crippen molar-refractivity contribution in [2.45, 2.75) is 38.1 Å². The summed E-state index contributed by atoms with van der Waals surface area (Å²) in [5, 5.41) is 0.681. The molecule has 33 heavy (non-hydrogen) atoms. The average molecular weight is 483 g/mol. The van der Waals surface area contributed by atoms with Gasteiger partial charge in [0.25, 0.3) is 0 Å². The fourth-order valence-corrected chi connectivity index (χ4v) is 5.57. The Hall–Kier alpha value is -3.04. The molecule has 9 heteroatoms. The molecule has 0 spiro atoms. The van der Waals surface area contributed by atoms with Gasteiger partial charge in [0, 0.05) is 25.5 Å². The summed E-state index contributed by atoms with van der Waals surface area (Å²) in [6.07, 6.45) is 6.33. The number of nitrogens with zero attached hydrogens (tertiary/aromatic N) is 4. The summed E-state index contributed by atoms with van der Waals surface area (Å²) in [7, 11) is -3.27. The minimum atomic E-state index is -3.27. The summed E-state index contributed by atoms with van der Waals surface area (Å²) in [6, 6.07) is 12.6. The van der Waals surface area contributed by atoms with Gasteiger partial charge in [-0.3, -0.25) is 9.69 Å². The molecular formula is C24H26N4O3S2. The third-order valence-corrected chi connectivity index (χ3v) is 8.31. The van der Waals surface area contributed by atoms with Crippen LogP contribution >= 0.6 is 11.3 Å². The van der Waals surface area contributed by atoms with Crippen LogP contribution in [0, 0.1) is 6.92 Å². The third kappa shape index (κ3) is 5.31. The first-order valence-corrected chi connectivity index (χ1v) is 13.3. The van der Waals surface area contributed by atoms with Crippen molar-refractivity contribution in [1.82, 2.24) is 14.5 Å². The van der Waals surface area contributed by atoms with E-state index in [0.29, 0.717) is 11.7 Å². The predicted octanol–water partition coefficient (Wildman–Crippen LogP) is 4.26. The van der Waals surface area contributed by atoms with Gasteiger partial charge in [0.15, 0.2) is 15.0 Å². The first-order chi connectivity index (χ1) is 15.9. The lowest BCUT2D eigenvalue weighted by Gasteiger charge is -2.20. The number of aromatic nitrogens is 3. The number of hydrogen-bond donors (Lipinski definition) is 0. The van der Waals surface area contributed by atoms with Crippen molar-refractivity contribution in [2.24, 2.45) is 0 Å². The molecule has 0 aliphatic carbocycles. The zero-order valence-corrected chi connectivity index (χ0v) is 20.3. The molecule has 7 nitrogen and oxygen atoms in total. The maximum absolute atomic E-state index is 13.4. The minimum absolute atomic E-state index is 0.0486. The summed E-state index contributed by atoms with van der Waals surface area (Å²) in [6.45, 7) is 4.91. The fourth-order valence-electron chi connectivity index (χ4n) is 3.60. The molecule has 0 fully saturated rings. The van der Waals surface area contributed by atoms with Gasteiger partial charge in [-0.05, 0) is 42.7 Å². The van der Waals surface area contributed by atoms with Crippen molar-refractivity contribution in [3.05, 3.63) is 72.3 Å². The number of hydrogen-bond acceptors (Lipinski definition) is 6. The van der Waals surface area contributed by atoms with E-state index in [1.165, 1.54) is 11.3 Å². The molecule has 0 aliphatic rings. The number of thiazole rings is 1. The first-order valence-electron chi connectivity index (χ1n) is 10.8. The van der Waals surface area contributed by atoms with Gasteiger partial charge in [-0.1, -0.05) is 42.5 Å². The summed E-state index contributed by atoms with van der Waals surface area (Å²) >= 11 is 1.51. The number of fused-ring (bicyclic) bond motifs is 1. The van der Waals surface area contributed by atoms with Crippen LogP contribution < -0.4 is 4.90 Å². The Labute approximate surface area is 197 Å². The third-order valence-electron chi connectivity index (χ3n) is 5.52. The summed E-state index contributed by atoms with van der Waals surface area (Å²) in [4.78, 5) is 24.2. The van der Waals surface area contributed by atoms with Crippen LogP contribution in [0.3, 0.4) is 0 Å². The van der Waals surface area contributed by atoms with Crippen molar-refractivity contribution >= 4 is 42.4 Å². The molecule has 2 aromatic heterocycles. The molecule has 1 amide bonds. The normalized spacial score (nSPS) is 11.7. The Morgan fingerprint density at radius 1 is 1.15 bits per heavy atom. The molecule has 2 heterocycles. The van der Waals surface area contributed by atoms with Crippen LogP contribution in [-0.2, 0) is 27.6 Å². The van der Waals surface area contributed by atoms with E-state index in [1.54, 1.807) is 48.6 Å². The molecule has 2 aromatic carbocycles. The molecule has 0 saturated heterocycles. The van der Waals surface area contributed by atoms with E-state index in [2.05, 4.69) is 4.98 Å². The maximum Gasteiger partial charge on any atom is 0.233 e. The monoisotopic (exact) mass is 482 g/mol. The second kappa shape index (κ2) is 9.84. The molecule has 0 unspecified atom stereocenters. The number of sulfone groups is 1. The van der Waals surface area contributed by atoms with Gasteiger partial charge in [-0.15, -0.1) is 0 Å². The number of carbonyl (C=O) groups excluding carboxylic acids is 1. The highest BCUT2D eigenvalue weighted by Crippen LogP contribution is 2.31. The van der Waals surface area contributed by atoms with Crippen LogP contribution in [0.4, 0.5) is 5.13 Å². The van der Waals surface area contributed by atoms with Crippen molar-refractivity contribution in [3.63, 3.8) is 0 Å². The second-order valence-corrected chi connectivity index (χ2v) is 11.1. The highest BCUT2D eigenvalue weighted by Gasteiger charge is 2.21. The highest BCUT2D eigenvalue weighted by molar-refractivity contribution is 7.91. The average Bonchev–Trinajstić information content (AvgIpc) is 3.47. The number of benzene rings is 2. The van der Waals surface area contributed by atoms with Gasteiger partial charge in [-0.25, -0.2) is 18.4 Å². The van der Waals surface area contributed by atoms with Crippen LogP contribution in [0.2, 0.25) is 0 Å². The molecule has 0 radical (unpaired) electrons. The van der Waals surface area contributed by atoms with Gasteiger partial charge in [0.05, 0.1) is 33.6 Å². The van der Waals surface area contributed by atoms with Crippen LogP contribution in [0.25, 0.3) is 10.2 Å². The number of rotatable bonds is 9. The fraction of sp³-hybridized carbons (Fsp3) is 0.292. The van der Waals surface area contributed by atoms with E-state index in [0.717, 1.165) is 34.3 Å².